The van der Waals surface area contributed by atoms with Gasteiger partial charge in [-0.3, -0.25) is 9.59 Å². The van der Waals surface area contributed by atoms with Crippen LogP contribution in [0.3, 0.4) is 0 Å². The standard InChI is InChI=1S/C18H19N5O3/c1-10-7-22(8-15-20-21-17(23(10)15)11-2-3-11)18(25)12-4-5-13-14(6-12)26-9-16(24)19-13/h4-6,10-11H,2-3,7-9H2,1H3,(H,19,24)/t10-/m0/s1. The molecule has 0 unspecified atom stereocenters. The second-order valence-electron chi connectivity index (χ2n) is 7.20. The number of amides is 2. The molecule has 0 radical (unpaired) electrons. The van der Waals surface area contributed by atoms with Crippen LogP contribution in [0, 0.1) is 0 Å². The lowest BCUT2D eigenvalue weighted by Crippen LogP contribution is -2.40. The van der Waals surface area contributed by atoms with Gasteiger partial charge in [-0.25, -0.2) is 0 Å². The number of anilines is 1. The van der Waals surface area contributed by atoms with E-state index in [9.17, 15) is 9.59 Å². The molecule has 3 heterocycles. The van der Waals surface area contributed by atoms with E-state index in [-0.39, 0.29) is 24.5 Å². The summed E-state index contributed by atoms with van der Waals surface area (Å²) in [6.07, 6.45) is 2.36. The molecule has 1 atom stereocenters. The maximum atomic E-state index is 13.0. The van der Waals surface area contributed by atoms with E-state index >= 15 is 0 Å². The van der Waals surface area contributed by atoms with Crippen molar-refractivity contribution in [2.45, 2.75) is 38.3 Å². The monoisotopic (exact) mass is 353 g/mol. The third-order valence-corrected chi connectivity index (χ3v) is 5.14. The molecular formula is C18H19N5O3. The summed E-state index contributed by atoms with van der Waals surface area (Å²) < 4.78 is 7.62. The average Bonchev–Trinajstić information content (AvgIpc) is 3.39. The van der Waals surface area contributed by atoms with Gasteiger partial charge in [0, 0.05) is 18.0 Å². The first-order chi connectivity index (χ1) is 12.6. The fourth-order valence-corrected chi connectivity index (χ4v) is 3.73. The second kappa shape index (κ2) is 5.55. The number of rotatable bonds is 2. The number of benzene rings is 1. The Labute approximate surface area is 150 Å². The Morgan fingerprint density at radius 3 is 2.96 bits per heavy atom. The normalized spacial score (nSPS) is 21.5. The van der Waals surface area contributed by atoms with Gasteiger partial charge in [-0.2, -0.15) is 0 Å². The number of fused-ring (bicyclic) bond motifs is 2. The SMILES string of the molecule is C[C@H]1CN(C(=O)c2ccc3c(c2)OCC(=O)N3)Cc2nnc(C3CC3)n21. The van der Waals surface area contributed by atoms with Gasteiger partial charge in [0.1, 0.15) is 11.6 Å². The van der Waals surface area contributed by atoms with Crippen LogP contribution < -0.4 is 10.1 Å². The Kier molecular flexibility index (Phi) is 3.28. The van der Waals surface area contributed by atoms with Crippen molar-refractivity contribution in [1.29, 1.82) is 0 Å². The van der Waals surface area contributed by atoms with E-state index in [0.29, 0.717) is 36.0 Å². The fourth-order valence-electron chi connectivity index (χ4n) is 3.73. The molecule has 134 valence electrons. The summed E-state index contributed by atoms with van der Waals surface area (Å²) >= 11 is 0. The van der Waals surface area contributed by atoms with Crippen molar-refractivity contribution < 1.29 is 14.3 Å². The fraction of sp³-hybridized carbons (Fsp3) is 0.444. The van der Waals surface area contributed by atoms with Crippen LogP contribution in [0.5, 0.6) is 5.75 Å². The highest BCUT2D eigenvalue weighted by molar-refractivity contribution is 5.99. The molecule has 5 rings (SSSR count). The zero-order chi connectivity index (χ0) is 17.8. The molecule has 1 saturated carbocycles. The number of carbonyl (C=O) groups is 2. The van der Waals surface area contributed by atoms with Crippen LogP contribution in [-0.2, 0) is 11.3 Å². The minimum atomic E-state index is -0.188. The van der Waals surface area contributed by atoms with Crippen molar-refractivity contribution in [3.05, 3.63) is 35.4 Å². The number of hydrogen-bond acceptors (Lipinski definition) is 5. The van der Waals surface area contributed by atoms with Gasteiger partial charge >= 0.3 is 0 Å². The Morgan fingerprint density at radius 1 is 1.31 bits per heavy atom. The third kappa shape index (κ3) is 2.44. The summed E-state index contributed by atoms with van der Waals surface area (Å²) in [6.45, 7) is 3.15. The summed E-state index contributed by atoms with van der Waals surface area (Å²) in [5, 5.41) is 11.4. The van der Waals surface area contributed by atoms with Gasteiger partial charge in [-0.1, -0.05) is 0 Å². The highest BCUT2D eigenvalue weighted by Crippen LogP contribution is 2.41. The molecule has 8 heteroatoms. The van der Waals surface area contributed by atoms with Gasteiger partial charge in [0.25, 0.3) is 11.8 Å². The van der Waals surface area contributed by atoms with Crippen molar-refractivity contribution in [3.8, 4) is 5.75 Å². The molecule has 1 aliphatic carbocycles. The van der Waals surface area contributed by atoms with Crippen LogP contribution in [0.15, 0.2) is 18.2 Å². The van der Waals surface area contributed by atoms with Gasteiger partial charge in [-0.05, 0) is 38.0 Å². The lowest BCUT2D eigenvalue weighted by molar-refractivity contribution is -0.118. The lowest BCUT2D eigenvalue weighted by atomic mass is 10.1. The van der Waals surface area contributed by atoms with Crippen molar-refractivity contribution >= 4 is 17.5 Å². The molecule has 1 aromatic carbocycles. The largest absolute Gasteiger partial charge is 0.482 e. The minimum Gasteiger partial charge on any atom is -0.482 e. The summed E-state index contributed by atoms with van der Waals surface area (Å²) in [4.78, 5) is 26.2. The summed E-state index contributed by atoms with van der Waals surface area (Å²) in [5.41, 5.74) is 1.14. The first kappa shape index (κ1) is 15.4. The molecule has 8 nitrogen and oxygen atoms in total. The molecule has 3 aliphatic rings. The topological polar surface area (TPSA) is 89.3 Å². The maximum absolute atomic E-state index is 13.0. The van der Waals surface area contributed by atoms with Gasteiger partial charge in [0.15, 0.2) is 12.4 Å². The third-order valence-electron chi connectivity index (χ3n) is 5.14. The molecule has 2 amide bonds. The summed E-state index contributed by atoms with van der Waals surface area (Å²) in [7, 11) is 0. The van der Waals surface area contributed by atoms with Crippen LogP contribution in [0.25, 0.3) is 0 Å². The summed E-state index contributed by atoms with van der Waals surface area (Å²) in [6, 6.07) is 5.27. The molecule has 1 aromatic heterocycles. The molecule has 0 spiro atoms. The quantitative estimate of drug-likeness (QED) is 0.888. The predicted octanol–water partition coefficient (Wildman–Crippen LogP) is 1.70. The highest BCUT2D eigenvalue weighted by Gasteiger charge is 2.35. The summed E-state index contributed by atoms with van der Waals surface area (Å²) in [5.74, 6) is 2.72. The molecule has 0 bridgehead atoms. The Hall–Kier alpha value is -2.90. The Morgan fingerprint density at radius 2 is 2.15 bits per heavy atom. The zero-order valence-corrected chi connectivity index (χ0v) is 14.4. The van der Waals surface area contributed by atoms with Crippen molar-refractivity contribution in [2.24, 2.45) is 0 Å². The number of hydrogen-bond donors (Lipinski definition) is 1. The molecular weight excluding hydrogens is 334 g/mol. The molecule has 2 aromatic rings. The van der Waals surface area contributed by atoms with Crippen LogP contribution in [-0.4, -0.2) is 44.6 Å². The smallest absolute Gasteiger partial charge is 0.262 e. The number of carbonyl (C=O) groups excluding carboxylic acids is 2. The van der Waals surface area contributed by atoms with Crippen LogP contribution in [0.2, 0.25) is 0 Å². The van der Waals surface area contributed by atoms with Crippen LogP contribution in [0.1, 0.15) is 53.7 Å². The predicted molar refractivity (Wildman–Crippen MR) is 92.0 cm³/mol. The number of aromatic nitrogens is 3. The van der Waals surface area contributed by atoms with Gasteiger partial charge < -0.3 is 19.5 Å². The van der Waals surface area contributed by atoms with Crippen LogP contribution in [0.4, 0.5) is 5.69 Å². The zero-order valence-electron chi connectivity index (χ0n) is 14.4. The number of nitrogens with one attached hydrogen (secondary N) is 1. The van der Waals surface area contributed by atoms with E-state index < -0.39 is 0 Å². The van der Waals surface area contributed by atoms with E-state index in [1.165, 1.54) is 12.8 Å². The van der Waals surface area contributed by atoms with Gasteiger partial charge in [0.2, 0.25) is 0 Å². The molecule has 1 N–H and O–H groups in total. The van der Waals surface area contributed by atoms with Gasteiger partial charge in [-0.15, -0.1) is 10.2 Å². The highest BCUT2D eigenvalue weighted by atomic mass is 16.5. The van der Waals surface area contributed by atoms with E-state index in [0.717, 1.165) is 11.6 Å². The van der Waals surface area contributed by atoms with Crippen molar-refractivity contribution in [2.75, 3.05) is 18.5 Å². The molecule has 0 saturated heterocycles. The van der Waals surface area contributed by atoms with E-state index in [1.807, 2.05) is 0 Å². The molecule has 2 aliphatic heterocycles. The Bertz CT molecular complexity index is 918. The van der Waals surface area contributed by atoms with E-state index in [2.05, 4.69) is 27.0 Å². The maximum Gasteiger partial charge on any atom is 0.262 e. The van der Waals surface area contributed by atoms with E-state index in [4.69, 9.17) is 4.74 Å². The first-order valence-corrected chi connectivity index (χ1v) is 8.90. The molecule has 26 heavy (non-hydrogen) atoms. The van der Waals surface area contributed by atoms with E-state index in [1.54, 1.807) is 23.1 Å². The van der Waals surface area contributed by atoms with Gasteiger partial charge in [0.05, 0.1) is 18.3 Å². The Balaban J connectivity index is 1.40. The second-order valence-corrected chi connectivity index (χ2v) is 7.20. The average molecular weight is 353 g/mol. The number of ether oxygens (including phenoxy) is 1. The van der Waals surface area contributed by atoms with Crippen LogP contribution >= 0.6 is 0 Å². The van der Waals surface area contributed by atoms with Crippen molar-refractivity contribution in [3.63, 3.8) is 0 Å². The van der Waals surface area contributed by atoms with Crippen molar-refractivity contribution in [1.82, 2.24) is 19.7 Å². The lowest BCUT2D eigenvalue weighted by Gasteiger charge is -2.33. The minimum absolute atomic E-state index is 0.0293. The first-order valence-electron chi connectivity index (χ1n) is 8.90. The molecule has 1 fully saturated rings. The number of nitrogens with zero attached hydrogens (tertiary/aromatic N) is 4.